The lowest BCUT2D eigenvalue weighted by Gasteiger charge is -2.12. The molecule has 0 fully saturated rings. The highest BCUT2D eigenvalue weighted by Gasteiger charge is 2.33. The van der Waals surface area contributed by atoms with Crippen LogP contribution >= 0.6 is 0 Å². The SMILES string of the molecule is Nc1cncc(CF)c1OC(F)(F)F. The van der Waals surface area contributed by atoms with Crippen molar-refractivity contribution in [2.45, 2.75) is 13.0 Å². The number of ether oxygens (including phenoxy) is 1. The van der Waals surface area contributed by atoms with Crippen LogP contribution in [0.2, 0.25) is 0 Å². The quantitative estimate of drug-likeness (QED) is 0.759. The molecule has 3 nitrogen and oxygen atoms in total. The van der Waals surface area contributed by atoms with Crippen LogP contribution in [-0.2, 0) is 6.67 Å². The van der Waals surface area contributed by atoms with Crippen molar-refractivity contribution in [1.82, 2.24) is 4.98 Å². The van der Waals surface area contributed by atoms with Crippen LogP contribution in [0, 0.1) is 0 Å². The largest absolute Gasteiger partial charge is 0.573 e. The van der Waals surface area contributed by atoms with Gasteiger partial charge < -0.3 is 10.5 Å². The van der Waals surface area contributed by atoms with Gasteiger partial charge in [0.25, 0.3) is 0 Å². The molecule has 0 aliphatic heterocycles. The topological polar surface area (TPSA) is 48.1 Å². The molecule has 2 N–H and O–H groups in total. The molecule has 0 aliphatic carbocycles. The number of aromatic nitrogens is 1. The lowest BCUT2D eigenvalue weighted by molar-refractivity contribution is -0.274. The molecular weight excluding hydrogens is 204 g/mol. The molecule has 1 rings (SSSR count). The summed E-state index contributed by atoms with van der Waals surface area (Å²) in [6.45, 7) is -1.12. The molecule has 0 amide bonds. The molecule has 0 unspecified atom stereocenters. The van der Waals surface area contributed by atoms with E-state index in [9.17, 15) is 17.6 Å². The second-order valence-electron chi connectivity index (χ2n) is 2.40. The van der Waals surface area contributed by atoms with Crippen molar-refractivity contribution in [2.75, 3.05) is 5.73 Å². The molecule has 0 radical (unpaired) electrons. The Labute approximate surface area is 76.5 Å². The van der Waals surface area contributed by atoms with E-state index in [2.05, 4.69) is 9.72 Å². The molecule has 0 spiro atoms. The first-order valence-electron chi connectivity index (χ1n) is 3.48. The summed E-state index contributed by atoms with van der Waals surface area (Å²) < 4.78 is 51.2. The summed E-state index contributed by atoms with van der Waals surface area (Å²) in [5, 5.41) is 0. The average molecular weight is 210 g/mol. The van der Waals surface area contributed by atoms with Crippen molar-refractivity contribution < 1.29 is 22.3 Å². The summed E-state index contributed by atoms with van der Waals surface area (Å²) in [6, 6.07) is 0. The molecule has 0 saturated carbocycles. The minimum Gasteiger partial charge on any atom is -0.403 e. The third-order valence-corrected chi connectivity index (χ3v) is 1.36. The number of hydrogen-bond acceptors (Lipinski definition) is 3. The summed E-state index contributed by atoms with van der Waals surface area (Å²) in [4.78, 5) is 3.43. The van der Waals surface area contributed by atoms with Crippen LogP contribution in [-0.4, -0.2) is 11.3 Å². The maximum Gasteiger partial charge on any atom is 0.573 e. The smallest absolute Gasteiger partial charge is 0.403 e. The highest BCUT2D eigenvalue weighted by Crippen LogP contribution is 2.31. The lowest BCUT2D eigenvalue weighted by atomic mass is 10.2. The monoisotopic (exact) mass is 210 g/mol. The van der Waals surface area contributed by atoms with Gasteiger partial charge in [-0.25, -0.2) is 4.39 Å². The molecule has 0 atom stereocenters. The van der Waals surface area contributed by atoms with E-state index in [4.69, 9.17) is 5.73 Å². The average Bonchev–Trinajstić information content (AvgIpc) is 2.06. The number of rotatable bonds is 2. The second kappa shape index (κ2) is 3.69. The summed E-state index contributed by atoms with van der Waals surface area (Å²) in [6.07, 6.45) is -3.00. The van der Waals surface area contributed by atoms with E-state index in [0.29, 0.717) is 0 Å². The first kappa shape index (κ1) is 10.6. The maximum absolute atomic E-state index is 12.2. The van der Waals surface area contributed by atoms with Crippen LogP contribution in [0.15, 0.2) is 12.4 Å². The fraction of sp³-hybridized carbons (Fsp3) is 0.286. The molecule has 0 aromatic carbocycles. The molecule has 14 heavy (non-hydrogen) atoms. The number of nitrogens with two attached hydrogens (primary N) is 1. The van der Waals surface area contributed by atoms with Gasteiger partial charge >= 0.3 is 6.36 Å². The Bertz CT molecular complexity index is 326. The fourth-order valence-corrected chi connectivity index (χ4v) is 0.846. The molecule has 1 heterocycles. The van der Waals surface area contributed by atoms with E-state index in [1.165, 1.54) is 0 Å². The van der Waals surface area contributed by atoms with Crippen molar-refractivity contribution in [3.8, 4) is 5.75 Å². The number of halogens is 4. The molecule has 1 aromatic heterocycles. The van der Waals surface area contributed by atoms with Gasteiger partial charge in [0.05, 0.1) is 11.9 Å². The van der Waals surface area contributed by atoms with Gasteiger partial charge in [0.15, 0.2) is 5.75 Å². The minimum atomic E-state index is -4.89. The zero-order chi connectivity index (χ0) is 10.8. The Balaban J connectivity index is 3.05. The standard InChI is InChI=1S/C7H6F4N2O/c8-1-4-2-13-3-5(12)6(4)14-7(9,10)11/h2-3H,1,12H2. The third-order valence-electron chi connectivity index (χ3n) is 1.36. The van der Waals surface area contributed by atoms with Gasteiger partial charge in [0, 0.05) is 11.8 Å². The first-order chi connectivity index (χ1) is 6.44. The molecule has 7 heteroatoms. The second-order valence-corrected chi connectivity index (χ2v) is 2.40. The number of hydrogen-bond donors (Lipinski definition) is 1. The maximum atomic E-state index is 12.2. The number of nitrogens with zero attached hydrogens (tertiary/aromatic N) is 1. The summed E-state index contributed by atoms with van der Waals surface area (Å²) >= 11 is 0. The van der Waals surface area contributed by atoms with E-state index in [1.54, 1.807) is 0 Å². The van der Waals surface area contributed by atoms with Crippen LogP contribution in [0.5, 0.6) is 5.75 Å². The Morgan fingerprint density at radius 3 is 2.50 bits per heavy atom. The Kier molecular flexibility index (Phi) is 2.78. The van der Waals surface area contributed by atoms with E-state index < -0.39 is 18.8 Å². The van der Waals surface area contributed by atoms with Gasteiger partial charge in [0.2, 0.25) is 0 Å². The highest BCUT2D eigenvalue weighted by atomic mass is 19.4. The van der Waals surface area contributed by atoms with Gasteiger partial charge in [-0.05, 0) is 0 Å². The summed E-state index contributed by atoms with van der Waals surface area (Å²) in [5.74, 6) is -0.727. The Hall–Kier alpha value is -1.53. The van der Waals surface area contributed by atoms with Gasteiger partial charge in [-0.1, -0.05) is 0 Å². The van der Waals surface area contributed by atoms with Gasteiger partial charge in [-0.15, -0.1) is 13.2 Å². The van der Waals surface area contributed by atoms with Gasteiger partial charge in [-0.2, -0.15) is 0 Å². The van der Waals surface area contributed by atoms with Crippen LogP contribution in [0.3, 0.4) is 0 Å². The van der Waals surface area contributed by atoms with Gasteiger partial charge in [-0.3, -0.25) is 4.98 Å². The fourth-order valence-electron chi connectivity index (χ4n) is 0.846. The molecule has 0 aliphatic rings. The van der Waals surface area contributed by atoms with Crippen LogP contribution in [0.4, 0.5) is 23.2 Å². The Morgan fingerprint density at radius 1 is 1.36 bits per heavy atom. The lowest BCUT2D eigenvalue weighted by Crippen LogP contribution is -2.19. The predicted molar refractivity (Wildman–Crippen MR) is 40.1 cm³/mol. The molecule has 0 saturated heterocycles. The molecule has 1 aromatic rings. The summed E-state index contributed by atoms with van der Waals surface area (Å²) in [5.41, 5.74) is 4.47. The zero-order valence-electron chi connectivity index (χ0n) is 6.81. The number of anilines is 1. The van der Waals surface area contributed by atoms with E-state index in [1.807, 2.05) is 0 Å². The molecular formula is C7H6F4N2O. The van der Waals surface area contributed by atoms with Crippen molar-refractivity contribution in [2.24, 2.45) is 0 Å². The van der Waals surface area contributed by atoms with Crippen LogP contribution in [0.25, 0.3) is 0 Å². The van der Waals surface area contributed by atoms with Crippen molar-refractivity contribution in [3.05, 3.63) is 18.0 Å². The van der Waals surface area contributed by atoms with Crippen molar-refractivity contribution >= 4 is 5.69 Å². The third kappa shape index (κ3) is 2.48. The normalized spacial score (nSPS) is 11.4. The van der Waals surface area contributed by atoms with Crippen LogP contribution in [0.1, 0.15) is 5.56 Å². The van der Waals surface area contributed by atoms with Crippen molar-refractivity contribution in [3.63, 3.8) is 0 Å². The summed E-state index contributed by atoms with van der Waals surface area (Å²) in [7, 11) is 0. The van der Waals surface area contributed by atoms with Gasteiger partial charge in [0.1, 0.15) is 6.67 Å². The predicted octanol–water partition coefficient (Wildman–Crippen LogP) is 2.03. The number of nitrogen functional groups attached to an aromatic ring is 1. The number of alkyl halides is 4. The highest BCUT2D eigenvalue weighted by molar-refractivity contribution is 5.54. The zero-order valence-corrected chi connectivity index (χ0v) is 6.81. The van der Waals surface area contributed by atoms with E-state index >= 15 is 0 Å². The minimum absolute atomic E-state index is 0.331. The van der Waals surface area contributed by atoms with Crippen molar-refractivity contribution in [1.29, 1.82) is 0 Å². The van der Waals surface area contributed by atoms with E-state index in [-0.39, 0.29) is 11.3 Å². The van der Waals surface area contributed by atoms with E-state index in [0.717, 1.165) is 12.4 Å². The molecule has 0 bridgehead atoms. The first-order valence-corrected chi connectivity index (χ1v) is 3.48. The van der Waals surface area contributed by atoms with Crippen LogP contribution < -0.4 is 10.5 Å². The number of pyridine rings is 1. The Morgan fingerprint density at radius 2 is 2.00 bits per heavy atom. The molecule has 78 valence electrons.